The van der Waals surface area contributed by atoms with E-state index >= 15 is 0 Å². The van der Waals surface area contributed by atoms with Crippen LogP contribution in [0.1, 0.15) is 23.2 Å². The van der Waals surface area contributed by atoms with Gasteiger partial charge in [-0.1, -0.05) is 27.5 Å². The lowest BCUT2D eigenvalue weighted by atomic mass is 9.84. The van der Waals surface area contributed by atoms with Crippen molar-refractivity contribution in [2.75, 3.05) is 13.6 Å². The molecular weight excluding hydrogens is 337 g/mol. The second-order valence-electron chi connectivity index (χ2n) is 4.78. The topological polar surface area (TPSA) is 20.3 Å². The van der Waals surface area contributed by atoms with Crippen molar-refractivity contribution < 1.29 is 4.79 Å². The largest absolute Gasteiger partial charge is 0.341 e. The minimum absolute atomic E-state index is 0.00350. The predicted molar refractivity (Wildman–Crippen MR) is 78.5 cm³/mol. The summed E-state index contributed by atoms with van der Waals surface area (Å²) in [6.07, 6.45) is 2.00. The molecule has 0 spiro atoms. The molecule has 0 aromatic heterocycles. The van der Waals surface area contributed by atoms with Gasteiger partial charge in [-0.2, -0.15) is 0 Å². The molecule has 0 unspecified atom stereocenters. The van der Waals surface area contributed by atoms with Crippen LogP contribution in [-0.4, -0.2) is 29.8 Å². The van der Waals surface area contributed by atoms with E-state index in [1.165, 1.54) is 0 Å². The monoisotopic (exact) mass is 349 g/mol. The Kier molecular flexibility index (Phi) is 4.57. The summed E-state index contributed by atoms with van der Waals surface area (Å²) in [4.78, 5) is 14.0. The Morgan fingerprint density at radius 3 is 2.67 bits per heavy atom. The van der Waals surface area contributed by atoms with Gasteiger partial charge in [-0.3, -0.25) is 4.79 Å². The normalized spacial score (nSPS) is 22.4. The molecule has 1 aromatic carbocycles. The summed E-state index contributed by atoms with van der Waals surface area (Å²) >= 11 is 15.2. The van der Waals surface area contributed by atoms with Gasteiger partial charge in [-0.05, 0) is 37.0 Å². The van der Waals surface area contributed by atoms with E-state index in [-0.39, 0.29) is 5.91 Å². The third kappa shape index (κ3) is 3.40. The van der Waals surface area contributed by atoms with Crippen LogP contribution in [0.15, 0.2) is 22.7 Å². The fourth-order valence-corrected chi connectivity index (χ4v) is 3.54. The van der Waals surface area contributed by atoms with Crippen LogP contribution in [-0.2, 0) is 0 Å². The number of benzene rings is 1. The molecule has 1 aliphatic rings. The summed E-state index contributed by atoms with van der Waals surface area (Å²) in [7, 11) is 1.82. The van der Waals surface area contributed by atoms with Gasteiger partial charge >= 0.3 is 0 Å². The zero-order valence-electron chi connectivity index (χ0n) is 10.00. The Bertz CT molecular complexity index is 440. The molecular formula is C13H14BrCl2NO. The summed E-state index contributed by atoms with van der Waals surface area (Å²) < 4.78 is 0.816. The van der Waals surface area contributed by atoms with E-state index in [1.54, 1.807) is 23.1 Å². The number of alkyl halides is 1. The highest BCUT2D eigenvalue weighted by atomic mass is 79.9. The van der Waals surface area contributed by atoms with Crippen molar-refractivity contribution in [3.05, 3.63) is 33.3 Å². The Balaban J connectivity index is 2.01. The number of halogens is 3. The first-order valence-electron chi connectivity index (χ1n) is 5.81. The third-order valence-electron chi connectivity index (χ3n) is 3.17. The molecule has 5 heteroatoms. The maximum absolute atomic E-state index is 12.2. The van der Waals surface area contributed by atoms with E-state index in [0.29, 0.717) is 21.9 Å². The standard InChI is InChI=1S/C13H14BrCl2NO/c1-17(7-8-2-11(15)3-8)13(18)9-4-10(14)6-12(16)5-9/h4-6,8,11H,2-3,7H2,1H3. The number of rotatable bonds is 3. The summed E-state index contributed by atoms with van der Waals surface area (Å²) in [5.41, 5.74) is 0.610. The summed E-state index contributed by atoms with van der Waals surface area (Å²) in [5.74, 6) is 0.528. The molecule has 0 radical (unpaired) electrons. The minimum Gasteiger partial charge on any atom is -0.341 e. The van der Waals surface area contributed by atoms with E-state index in [4.69, 9.17) is 23.2 Å². The quantitative estimate of drug-likeness (QED) is 0.748. The molecule has 1 saturated carbocycles. The summed E-state index contributed by atoms with van der Waals surface area (Å²) in [5, 5.41) is 0.851. The molecule has 2 nitrogen and oxygen atoms in total. The summed E-state index contributed by atoms with van der Waals surface area (Å²) in [6, 6.07) is 5.24. The van der Waals surface area contributed by atoms with Crippen LogP contribution in [0.25, 0.3) is 0 Å². The molecule has 1 amide bonds. The maximum Gasteiger partial charge on any atom is 0.253 e. The Labute approximate surface area is 125 Å². The number of amides is 1. The van der Waals surface area contributed by atoms with Gasteiger partial charge in [-0.15, -0.1) is 11.6 Å². The first-order valence-corrected chi connectivity index (χ1v) is 7.42. The van der Waals surface area contributed by atoms with E-state index < -0.39 is 0 Å². The molecule has 1 aromatic rings. The van der Waals surface area contributed by atoms with Crippen LogP contribution in [0.3, 0.4) is 0 Å². The van der Waals surface area contributed by atoms with Gasteiger partial charge in [0, 0.05) is 34.0 Å². The summed E-state index contributed by atoms with van der Waals surface area (Å²) in [6.45, 7) is 0.756. The van der Waals surface area contributed by atoms with Crippen molar-refractivity contribution in [2.24, 2.45) is 5.92 Å². The Morgan fingerprint density at radius 2 is 2.11 bits per heavy atom. The maximum atomic E-state index is 12.2. The Hall–Kier alpha value is -0.250. The molecule has 0 aliphatic heterocycles. The van der Waals surface area contributed by atoms with Crippen LogP contribution in [0.4, 0.5) is 0 Å². The van der Waals surface area contributed by atoms with Gasteiger partial charge in [-0.25, -0.2) is 0 Å². The van der Waals surface area contributed by atoms with Crippen LogP contribution in [0.2, 0.25) is 5.02 Å². The van der Waals surface area contributed by atoms with E-state index in [0.717, 1.165) is 23.9 Å². The molecule has 0 saturated heterocycles. The second-order valence-corrected chi connectivity index (χ2v) is 6.75. The van der Waals surface area contributed by atoms with Crippen molar-refractivity contribution >= 4 is 45.0 Å². The molecule has 1 aliphatic carbocycles. The lowest BCUT2D eigenvalue weighted by Gasteiger charge is -2.34. The zero-order valence-corrected chi connectivity index (χ0v) is 13.1. The predicted octanol–water partition coefficient (Wildman–Crippen LogP) is 4.19. The van der Waals surface area contributed by atoms with Crippen LogP contribution < -0.4 is 0 Å². The average Bonchev–Trinajstić information content (AvgIpc) is 2.24. The lowest BCUT2D eigenvalue weighted by molar-refractivity contribution is 0.0747. The second kappa shape index (κ2) is 5.81. The molecule has 1 fully saturated rings. The fraction of sp³-hybridized carbons (Fsp3) is 0.462. The number of carbonyl (C=O) groups excluding carboxylic acids is 1. The number of nitrogens with zero attached hydrogens (tertiary/aromatic N) is 1. The zero-order chi connectivity index (χ0) is 13.3. The average molecular weight is 351 g/mol. The highest BCUT2D eigenvalue weighted by molar-refractivity contribution is 9.10. The van der Waals surface area contributed by atoms with E-state index in [2.05, 4.69) is 15.9 Å². The van der Waals surface area contributed by atoms with Crippen molar-refractivity contribution in [3.63, 3.8) is 0 Å². The van der Waals surface area contributed by atoms with Gasteiger partial charge in [0.05, 0.1) is 0 Å². The minimum atomic E-state index is -0.00350. The molecule has 0 N–H and O–H groups in total. The first-order chi connectivity index (χ1) is 8.45. The van der Waals surface area contributed by atoms with Crippen molar-refractivity contribution in [1.29, 1.82) is 0 Å². The van der Waals surface area contributed by atoms with E-state index in [1.807, 2.05) is 7.05 Å². The van der Waals surface area contributed by atoms with Gasteiger partial charge in [0.25, 0.3) is 5.91 Å². The fourth-order valence-electron chi connectivity index (χ4n) is 2.17. The number of hydrogen-bond acceptors (Lipinski definition) is 1. The SMILES string of the molecule is CN(CC1CC(Cl)C1)C(=O)c1cc(Cl)cc(Br)c1. The van der Waals surface area contributed by atoms with Crippen LogP contribution in [0.5, 0.6) is 0 Å². The van der Waals surface area contributed by atoms with Crippen molar-refractivity contribution in [2.45, 2.75) is 18.2 Å². The van der Waals surface area contributed by atoms with Gasteiger partial charge in [0.15, 0.2) is 0 Å². The molecule has 2 rings (SSSR count). The molecule has 0 bridgehead atoms. The molecule has 0 heterocycles. The van der Waals surface area contributed by atoms with Gasteiger partial charge < -0.3 is 4.90 Å². The smallest absolute Gasteiger partial charge is 0.253 e. The van der Waals surface area contributed by atoms with Crippen molar-refractivity contribution in [1.82, 2.24) is 4.90 Å². The lowest BCUT2D eigenvalue weighted by Crippen LogP contribution is -2.37. The Morgan fingerprint density at radius 1 is 1.44 bits per heavy atom. The number of hydrogen-bond donors (Lipinski definition) is 0. The third-order valence-corrected chi connectivity index (χ3v) is 4.20. The number of carbonyl (C=O) groups is 1. The van der Waals surface area contributed by atoms with Crippen molar-refractivity contribution in [3.8, 4) is 0 Å². The molecule has 18 heavy (non-hydrogen) atoms. The highest BCUT2D eigenvalue weighted by Gasteiger charge is 2.29. The van der Waals surface area contributed by atoms with Crippen LogP contribution >= 0.6 is 39.1 Å². The van der Waals surface area contributed by atoms with Gasteiger partial charge in [0.2, 0.25) is 0 Å². The molecule has 0 atom stereocenters. The molecule has 98 valence electrons. The van der Waals surface area contributed by atoms with Gasteiger partial charge in [0.1, 0.15) is 0 Å². The first kappa shape index (κ1) is 14.2. The highest BCUT2D eigenvalue weighted by Crippen LogP contribution is 2.32. The van der Waals surface area contributed by atoms with E-state index in [9.17, 15) is 4.79 Å². The van der Waals surface area contributed by atoms with Crippen LogP contribution in [0, 0.1) is 5.92 Å².